The van der Waals surface area contributed by atoms with Crippen molar-refractivity contribution in [3.63, 3.8) is 0 Å². The van der Waals surface area contributed by atoms with E-state index in [1.54, 1.807) is 0 Å². The molecule has 2 heterocycles. The van der Waals surface area contributed by atoms with Crippen molar-refractivity contribution in [3.8, 4) is 0 Å². The topological polar surface area (TPSA) is 56.4 Å². The number of rotatable bonds is 6. The standard InChI is InChI=1S/C22H26N4O/c1-16-6-5-7-18(12-16)20-14-21(23-11-10-17-13-22(27)24-15-17)25-26(20)19-8-3-2-4-9-19/h2-9,12,14,17,21,23,25H,10-11,13,15H2,1H3,(H,24,27)/t17-,21?/m1/s1. The van der Waals surface area contributed by atoms with Gasteiger partial charge in [0.15, 0.2) is 0 Å². The van der Waals surface area contributed by atoms with E-state index in [1.807, 2.05) is 6.07 Å². The van der Waals surface area contributed by atoms with E-state index >= 15 is 0 Å². The minimum Gasteiger partial charge on any atom is -0.356 e. The number of nitrogens with one attached hydrogen (secondary N) is 3. The maximum atomic E-state index is 11.3. The molecular formula is C22H26N4O. The lowest BCUT2D eigenvalue weighted by molar-refractivity contribution is -0.119. The van der Waals surface area contributed by atoms with Crippen molar-refractivity contribution >= 4 is 17.3 Å². The second-order valence-electron chi connectivity index (χ2n) is 7.32. The Bertz CT molecular complexity index is 833. The summed E-state index contributed by atoms with van der Waals surface area (Å²) in [6.45, 7) is 3.79. The van der Waals surface area contributed by atoms with E-state index in [9.17, 15) is 4.79 Å². The number of aryl methyl sites for hydroxylation is 1. The second kappa shape index (κ2) is 7.94. The number of hydrogen-bond donors (Lipinski definition) is 3. The zero-order valence-corrected chi connectivity index (χ0v) is 15.6. The van der Waals surface area contributed by atoms with Crippen LogP contribution in [0.2, 0.25) is 0 Å². The minimum absolute atomic E-state index is 0.0609. The molecular weight excluding hydrogens is 336 g/mol. The lowest BCUT2D eigenvalue weighted by Gasteiger charge is -2.25. The number of anilines is 1. The van der Waals surface area contributed by atoms with Gasteiger partial charge in [0.05, 0.1) is 17.6 Å². The molecule has 27 heavy (non-hydrogen) atoms. The van der Waals surface area contributed by atoms with Crippen LogP contribution in [-0.4, -0.2) is 25.2 Å². The molecule has 4 rings (SSSR count). The van der Waals surface area contributed by atoms with Crippen LogP contribution >= 0.6 is 0 Å². The summed E-state index contributed by atoms with van der Waals surface area (Å²) in [7, 11) is 0. The first-order chi connectivity index (χ1) is 13.2. The predicted molar refractivity (Wildman–Crippen MR) is 109 cm³/mol. The molecule has 0 aliphatic carbocycles. The summed E-state index contributed by atoms with van der Waals surface area (Å²) in [5.74, 6) is 0.618. The largest absolute Gasteiger partial charge is 0.356 e. The number of hydrazine groups is 1. The lowest BCUT2D eigenvalue weighted by Crippen LogP contribution is -2.45. The molecule has 0 saturated carbocycles. The first-order valence-electron chi connectivity index (χ1n) is 9.59. The van der Waals surface area contributed by atoms with Gasteiger partial charge < -0.3 is 5.32 Å². The van der Waals surface area contributed by atoms with Crippen molar-refractivity contribution in [1.29, 1.82) is 0 Å². The molecule has 2 aromatic carbocycles. The highest BCUT2D eigenvalue weighted by Crippen LogP contribution is 2.29. The van der Waals surface area contributed by atoms with Gasteiger partial charge in [-0.05, 0) is 55.6 Å². The van der Waals surface area contributed by atoms with E-state index in [4.69, 9.17) is 0 Å². The SMILES string of the molecule is Cc1cccc(C2=CC(NCC[C@H]3CNC(=O)C3)NN2c2ccccc2)c1. The summed E-state index contributed by atoms with van der Waals surface area (Å²) in [5.41, 5.74) is 8.26. The smallest absolute Gasteiger partial charge is 0.220 e. The van der Waals surface area contributed by atoms with Gasteiger partial charge >= 0.3 is 0 Å². The Kier molecular flexibility index (Phi) is 5.23. The maximum absolute atomic E-state index is 11.3. The van der Waals surface area contributed by atoms with Crippen molar-refractivity contribution in [2.75, 3.05) is 18.1 Å². The van der Waals surface area contributed by atoms with Crippen LogP contribution in [0.25, 0.3) is 5.70 Å². The highest BCUT2D eigenvalue weighted by molar-refractivity contribution is 5.81. The molecule has 2 atom stereocenters. The van der Waals surface area contributed by atoms with E-state index in [0.717, 1.165) is 30.9 Å². The molecule has 0 bridgehead atoms. The number of amides is 1. The summed E-state index contributed by atoms with van der Waals surface area (Å²) in [6, 6.07) is 18.9. The Morgan fingerprint density at radius 1 is 1.15 bits per heavy atom. The Morgan fingerprint density at radius 2 is 2.00 bits per heavy atom. The molecule has 5 heteroatoms. The second-order valence-corrected chi connectivity index (χ2v) is 7.32. The molecule has 1 amide bonds. The van der Waals surface area contributed by atoms with Crippen molar-refractivity contribution in [2.24, 2.45) is 5.92 Å². The number of para-hydroxylation sites is 1. The fraction of sp³-hybridized carbons (Fsp3) is 0.318. The Balaban J connectivity index is 1.47. The number of carbonyl (C=O) groups is 1. The van der Waals surface area contributed by atoms with Gasteiger partial charge in [0, 0.05) is 13.0 Å². The van der Waals surface area contributed by atoms with Gasteiger partial charge in [0.2, 0.25) is 5.91 Å². The third-order valence-corrected chi connectivity index (χ3v) is 5.14. The molecule has 0 radical (unpaired) electrons. The van der Waals surface area contributed by atoms with Gasteiger partial charge in [-0.2, -0.15) is 0 Å². The molecule has 0 spiro atoms. The van der Waals surface area contributed by atoms with E-state index in [1.165, 1.54) is 11.1 Å². The molecule has 2 aliphatic rings. The third kappa shape index (κ3) is 4.21. The summed E-state index contributed by atoms with van der Waals surface area (Å²) in [4.78, 5) is 11.3. The number of carbonyl (C=O) groups excluding carboxylic acids is 1. The average molecular weight is 362 g/mol. The Morgan fingerprint density at radius 3 is 2.74 bits per heavy atom. The van der Waals surface area contributed by atoms with E-state index in [-0.39, 0.29) is 12.1 Å². The highest BCUT2D eigenvalue weighted by atomic mass is 16.1. The van der Waals surface area contributed by atoms with E-state index in [2.05, 4.69) is 82.6 Å². The molecule has 2 aliphatic heterocycles. The summed E-state index contributed by atoms with van der Waals surface area (Å²) in [5, 5.41) is 8.62. The Hall–Kier alpha value is -2.63. The van der Waals surface area contributed by atoms with Crippen molar-refractivity contribution < 1.29 is 4.79 Å². The van der Waals surface area contributed by atoms with Crippen molar-refractivity contribution in [1.82, 2.24) is 16.1 Å². The summed E-state index contributed by atoms with van der Waals surface area (Å²) in [6.07, 6.45) is 3.95. The third-order valence-electron chi connectivity index (χ3n) is 5.14. The van der Waals surface area contributed by atoms with Crippen LogP contribution in [0.5, 0.6) is 0 Å². The maximum Gasteiger partial charge on any atom is 0.220 e. The zero-order chi connectivity index (χ0) is 18.6. The lowest BCUT2D eigenvalue weighted by atomic mass is 10.1. The van der Waals surface area contributed by atoms with Crippen LogP contribution in [0.3, 0.4) is 0 Å². The zero-order valence-electron chi connectivity index (χ0n) is 15.6. The van der Waals surface area contributed by atoms with Crippen molar-refractivity contribution in [3.05, 3.63) is 71.8 Å². The van der Waals surface area contributed by atoms with Crippen LogP contribution in [0.15, 0.2) is 60.7 Å². The first-order valence-corrected chi connectivity index (χ1v) is 9.59. The summed E-state index contributed by atoms with van der Waals surface area (Å²) >= 11 is 0. The quantitative estimate of drug-likeness (QED) is 0.740. The molecule has 3 N–H and O–H groups in total. The van der Waals surface area contributed by atoms with Crippen LogP contribution < -0.4 is 21.1 Å². The highest BCUT2D eigenvalue weighted by Gasteiger charge is 2.26. The van der Waals surface area contributed by atoms with Gasteiger partial charge in [-0.15, -0.1) is 0 Å². The van der Waals surface area contributed by atoms with Gasteiger partial charge in [-0.3, -0.25) is 15.1 Å². The molecule has 2 aromatic rings. The number of nitrogens with zero attached hydrogens (tertiary/aromatic N) is 1. The van der Waals surface area contributed by atoms with E-state index < -0.39 is 0 Å². The molecule has 0 aromatic heterocycles. The van der Waals surface area contributed by atoms with Crippen LogP contribution in [0.1, 0.15) is 24.0 Å². The fourth-order valence-corrected chi connectivity index (χ4v) is 3.72. The van der Waals surface area contributed by atoms with Crippen LogP contribution in [0, 0.1) is 12.8 Å². The monoisotopic (exact) mass is 362 g/mol. The predicted octanol–water partition coefficient (Wildman–Crippen LogP) is 2.80. The van der Waals surface area contributed by atoms with Gasteiger partial charge in [0.1, 0.15) is 0 Å². The van der Waals surface area contributed by atoms with E-state index in [0.29, 0.717) is 12.3 Å². The first kappa shape index (κ1) is 17.8. The van der Waals surface area contributed by atoms with Crippen LogP contribution in [0.4, 0.5) is 5.69 Å². The molecule has 1 fully saturated rings. The van der Waals surface area contributed by atoms with Crippen LogP contribution in [-0.2, 0) is 4.79 Å². The molecule has 1 saturated heterocycles. The fourth-order valence-electron chi connectivity index (χ4n) is 3.72. The van der Waals surface area contributed by atoms with Gasteiger partial charge in [-0.1, -0.05) is 42.0 Å². The summed E-state index contributed by atoms with van der Waals surface area (Å²) < 4.78 is 0. The minimum atomic E-state index is 0.0609. The molecule has 5 nitrogen and oxygen atoms in total. The average Bonchev–Trinajstić information content (AvgIpc) is 3.29. The number of hydrogen-bond acceptors (Lipinski definition) is 4. The van der Waals surface area contributed by atoms with Gasteiger partial charge in [-0.25, -0.2) is 5.43 Å². The Labute approximate surface area is 160 Å². The molecule has 1 unspecified atom stereocenters. The normalized spacial score (nSPS) is 22.0. The number of benzene rings is 2. The van der Waals surface area contributed by atoms with Crippen molar-refractivity contribution in [2.45, 2.75) is 25.9 Å². The van der Waals surface area contributed by atoms with Gasteiger partial charge in [0.25, 0.3) is 0 Å². The molecule has 140 valence electrons.